The second-order valence-electron chi connectivity index (χ2n) is 1.27. The predicted octanol–water partition coefficient (Wildman–Crippen LogP) is 1.23. The molecule has 3 heteroatoms. The Bertz CT molecular complexity index is 192. The second-order valence-corrected chi connectivity index (χ2v) is 1.27. The largest absolute Gasteiger partial charge is 0.439 e. The highest BCUT2D eigenvalue weighted by Crippen LogP contribution is 2.03. The van der Waals surface area contributed by atoms with Crippen molar-refractivity contribution in [3.8, 4) is 0 Å². The molecule has 42 valence electrons. The summed E-state index contributed by atoms with van der Waals surface area (Å²) in [5, 5.41) is 0. The minimum absolute atomic E-state index is 0.0370. The quantitative estimate of drug-likeness (QED) is 0.514. The van der Waals surface area contributed by atoms with Crippen LogP contribution in [0.2, 0.25) is 0 Å². The molecular formula is C5H3FO2. The third kappa shape index (κ3) is 0.621. The maximum atomic E-state index is 12.0. The molecule has 0 bridgehead atoms. The number of aldehydes is 1. The topological polar surface area (TPSA) is 30.2 Å². The van der Waals surface area contributed by atoms with Crippen molar-refractivity contribution in [2.24, 2.45) is 0 Å². The monoisotopic (exact) mass is 114 g/mol. The van der Waals surface area contributed by atoms with Gasteiger partial charge in [-0.1, -0.05) is 0 Å². The average molecular weight is 114 g/mol. The van der Waals surface area contributed by atoms with Crippen LogP contribution in [0.1, 0.15) is 10.4 Å². The molecule has 1 aromatic rings. The van der Waals surface area contributed by atoms with Crippen molar-refractivity contribution in [2.75, 3.05) is 0 Å². The molecule has 0 aliphatic carbocycles. The fourth-order valence-electron chi connectivity index (χ4n) is 0.386. The molecule has 0 saturated heterocycles. The SMILES string of the molecule is O=Cc1ccoc1F. The zero-order valence-corrected chi connectivity index (χ0v) is 3.93. The molecule has 2 nitrogen and oxygen atoms in total. The van der Waals surface area contributed by atoms with Gasteiger partial charge in [0, 0.05) is 0 Å². The Kier molecular flexibility index (Phi) is 1.12. The molecule has 0 saturated carbocycles. The first-order valence-corrected chi connectivity index (χ1v) is 2.03. The molecular weight excluding hydrogens is 111 g/mol. The van der Waals surface area contributed by atoms with Crippen LogP contribution in [0.3, 0.4) is 0 Å². The Morgan fingerprint density at radius 2 is 2.50 bits per heavy atom. The van der Waals surface area contributed by atoms with Gasteiger partial charge in [-0.25, -0.2) is 0 Å². The van der Waals surface area contributed by atoms with Gasteiger partial charge in [0.15, 0.2) is 6.29 Å². The van der Waals surface area contributed by atoms with E-state index in [1.807, 2.05) is 0 Å². The molecule has 8 heavy (non-hydrogen) atoms. The first-order valence-electron chi connectivity index (χ1n) is 2.03. The van der Waals surface area contributed by atoms with E-state index in [0.717, 1.165) is 6.26 Å². The van der Waals surface area contributed by atoms with Crippen molar-refractivity contribution in [3.63, 3.8) is 0 Å². The standard InChI is InChI=1S/C5H3FO2/c6-5-4(3-7)1-2-8-5/h1-3H. The number of carbonyl (C=O) groups is 1. The van der Waals surface area contributed by atoms with E-state index in [4.69, 9.17) is 0 Å². The number of furan rings is 1. The summed E-state index contributed by atoms with van der Waals surface area (Å²) in [4.78, 5) is 9.79. The lowest BCUT2D eigenvalue weighted by atomic mass is 10.4. The third-order valence-electron chi connectivity index (χ3n) is 0.773. The van der Waals surface area contributed by atoms with Gasteiger partial charge in [0.1, 0.15) is 0 Å². The fraction of sp³-hybridized carbons (Fsp3) is 0. The Morgan fingerprint density at radius 3 is 2.75 bits per heavy atom. The van der Waals surface area contributed by atoms with Crippen molar-refractivity contribution in [3.05, 3.63) is 23.9 Å². The van der Waals surface area contributed by atoms with Gasteiger partial charge in [0.05, 0.1) is 11.8 Å². The van der Waals surface area contributed by atoms with Crippen LogP contribution in [-0.2, 0) is 0 Å². The molecule has 0 aromatic carbocycles. The predicted molar refractivity (Wildman–Crippen MR) is 24.1 cm³/mol. The summed E-state index contributed by atoms with van der Waals surface area (Å²) in [7, 11) is 0. The van der Waals surface area contributed by atoms with E-state index < -0.39 is 6.01 Å². The molecule has 1 heterocycles. The molecule has 0 fully saturated rings. The van der Waals surface area contributed by atoms with Gasteiger partial charge in [-0.2, -0.15) is 4.39 Å². The van der Waals surface area contributed by atoms with E-state index in [0.29, 0.717) is 6.29 Å². The van der Waals surface area contributed by atoms with E-state index >= 15 is 0 Å². The normalized spacial score (nSPS) is 9.12. The molecule has 0 radical (unpaired) electrons. The van der Waals surface area contributed by atoms with Gasteiger partial charge in [0.25, 0.3) is 6.01 Å². The second kappa shape index (κ2) is 1.78. The summed E-state index contributed by atoms with van der Waals surface area (Å²) < 4.78 is 16.1. The summed E-state index contributed by atoms with van der Waals surface area (Å²) in [6.45, 7) is 0. The van der Waals surface area contributed by atoms with Crippen molar-refractivity contribution >= 4 is 6.29 Å². The number of hydrogen-bond acceptors (Lipinski definition) is 2. The molecule has 1 rings (SSSR count). The Morgan fingerprint density at radius 1 is 1.75 bits per heavy atom. The molecule has 0 aliphatic heterocycles. The zero-order valence-electron chi connectivity index (χ0n) is 3.93. The maximum absolute atomic E-state index is 12.0. The van der Waals surface area contributed by atoms with Crippen LogP contribution in [0.4, 0.5) is 4.39 Å². The summed E-state index contributed by atoms with van der Waals surface area (Å²) in [5.74, 6) is 0. The maximum Gasteiger partial charge on any atom is 0.288 e. The highest BCUT2D eigenvalue weighted by molar-refractivity contribution is 5.74. The third-order valence-corrected chi connectivity index (χ3v) is 0.773. The highest BCUT2D eigenvalue weighted by atomic mass is 19.1. The lowest BCUT2D eigenvalue weighted by Crippen LogP contribution is -1.75. The highest BCUT2D eigenvalue weighted by Gasteiger charge is 2.00. The van der Waals surface area contributed by atoms with Gasteiger partial charge >= 0.3 is 0 Å². The Labute approximate surface area is 44.9 Å². The lowest BCUT2D eigenvalue weighted by molar-refractivity contribution is 0.111. The summed E-state index contributed by atoms with van der Waals surface area (Å²) >= 11 is 0. The van der Waals surface area contributed by atoms with Crippen LogP contribution in [0.15, 0.2) is 16.7 Å². The number of halogens is 1. The van der Waals surface area contributed by atoms with Crippen molar-refractivity contribution in [1.82, 2.24) is 0 Å². The first kappa shape index (κ1) is 5.03. The molecule has 1 aromatic heterocycles. The van der Waals surface area contributed by atoms with E-state index in [9.17, 15) is 9.18 Å². The van der Waals surface area contributed by atoms with Crippen LogP contribution in [0, 0.1) is 6.01 Å². The van der Waals surface area contributed by atoms with Crippen molar-refractivity contribution in [2.45, 2.75) is 0 Å². The van der Waals surface area contributed by atoms with Crippen LogP contribution in [0.25, 0.3) is 0 Å². The van der Waals surface area contributed by atoms with Gasteiger partial charge in [0.2, 0.25) is 0 Å². The van der Waals surface area contributed by atoms with Gasteiger partial charge in [-0.05, 0) is 6.07 Å². The average Bonchev–Trinajstić information content (AvgIpc) is 2.14. The summed E-state index contributed by atoms with van der Waals surface area (Å²) in [6.07, 6.45) is 1.53. The minimum Gasteiger partial charge on any atom is -0.439 e. The lowest BCUT2D eigenvalue weighted by Gasteiger charge is -1.73. The van der Waals surface area contributed by atoms with E-state index in [1.54, 1.807) is 0 Å². The molecule has 0 unspecified atom stereocenters. The molecule has 0 amide bonds. The van der Waals surface area contributed by atoms with E-state index in [1.165, 1.54) is 6.07 Å². The Hall–Kier alpha value is -1.12. The van der Waals surface area contributed by atoms with Crippen LogP contribution in [0.5, 0.6) is 0 Å². The van der Waals surface area contributed by atoms with Gasteiger partial charge < -0.3 is 4.42 Å². The van der Waals surface area contributed by atoms with Crippen molar-refractivity contribution in [1.29, 1.82) is 0 Å². The zero-order chi connectivity index (χ0) is 5.98. The molecule has 0 atom stereocenters. The fourth-order valence-corrected chi connectivity index (χ4v) is 0.386. The number of rotatable bonds is 1. The smallest absolute Gasteiger partial charge is 0.288 e. The van der Waals surface area contributed by atoms with Gasteiger partial charge in [-0.3, -0.25) is 4.79 Å². The van der Waals surface area contributed by atoms with Crippen LogP contribution >= 0.6 is 0 Å². The minimum atomic E-state index is -0.819. The molecule has 0 aliphatic rings. The summed E-state index contributed by atoms with van der Waals surface area (Å²) in [6, 6.07) is 0.447. The Balaban J connectivity index is 3.09. The van der Waals surface area contributed by atoms with Crippen LogP contribution < -0.4 is 0 Å². The van der Waals surface area contributed by atoms with Gasteiger partial charge in [-0.15, -0.1) is 0 Å². The van der Waals surface area contributed by atoms with E-state index in [2.05, 4.69) is 4.42 Å². The number of hydrogen-bond donors (Lipinski definition) is 0. The molecule has 0 spiro atoms. The first-order chi connectivity index (χ1) is 3.84. The number of carbonyl (C=O) groups excluding carboxylic acids is 1. The van der Waals surface area contributed by atoms with Crippen molar-refractivity contribution < 1.29 is 13.6 Å². The van der Waals surface area contributed by atoms with E-state index in [-0.39, 0.29) is 5.56 Å². The van der Waals surface area contributed by atoms with Crippen LogP contribution in [-0.4, -0.2) is 6.29 Å². The molecule has 0 N–H and O–H groups in total. The summed E-state index contributed by atoms with van der Waals surface area (Å²) in [5.41, 5.74) is -0.0370.